The van der Waals surface area contributed by atoms with Gasteiger partial charge in [-0.05, 0) is 24.5 Å². The van der Waals surface area contributed by atoms with Crippen LogP contribution in [-0.4, -0.2) is 18.1 Å². The maximum atomic E-state index is 10.8. The lowest BCUT2D eigenvalue weighted by Crippen LogP contribution is -2.31. The molecule has 1 aliphatic rings. The number of hydrogen-bond acceptors (Lipinski definition) is 3. The molecule has 0 heterocycles. The first kappa shape index (κ1) is 12.8. The Bertz CT molecular complexity index is 414. The van der Waals surface area contributed by atoms with Gasteiger partial charge in [0, 0.05) is 19.5 Å². The molecule has 3 heteroatoms. The van der Waals surface area contributed by atoms with Crippen LogP contribution in [0, 0.1) is 0 Å². The number of hydrogen-bond donors (Lipinski definition) is 1. The Balaban J connectivity index is 1.77. The van der Waals surface area contributed by atoms with Crippen molar-refractivity contribution in [2.75, 3.05) is 0 Å². The third-order valence-electron chi connectivity index (χ3n) is 3.05. The number of esters is 1. The fourth-order valence-corrected chi connectivity index (χ4v) is 2.12. The number of ether oxygens (including phenoxy) is 1. The average Bonchev–Trinajstić information content (AvgIpc) is 2.38. The molecule has 0 aliphatic heterocycles. The number of carbonyl (C=O) groups is 1. The van der Waals surface area contributed by atoms with Gasteiger partial charge in [0.1, 0.15) is 6.10 Å². The molecule has 1 N–H and O–H groups in total. The molecule has 1 aliphatic carbocycles. The van der Waals surface area contributed by atoms with Crippen molar-refractivity contribution in [1.82, 2.24) is 5.32 Å². The second-order valence-corrected chi connectivity index (χ2v) is 4.58. The molecule has 0 bridgehead atoms. The lowest BCUT2D eigenvalue weighted by Gasteiger charge is -2.23. The van der Waals surface area contributed by atoms with E-state index >= 15 is 0 Å². The predicted molar refractivity (Wildman–Crippen MR) is 71.0 cm³/mol. The minimum atomic E-state index is -0.208. The van der Waals surface area contributed by atoms with Crippen LogP contribution in [0.3, 0.4) is 0 Å². The van der Waals surface area contributed by atoms with Crippen LogP contribution < -0.4 is 5.32 Å². The normalized spacial score (nSPS) is 22.7. The summed E-state index contributed by atoms with van der Waals surface area (Å²) >= 11 is 0. The Morgan fingerprint density at radius 3 is 2.67 bits per heavy atom. The van der Waals surface area contributed by atoms with E-state index in [0.29, 0.717) is 6.04 Å². The van der Waals surface area contributed by atoms with E-state index in [2.05, 4.69) is 23.5 Å². The van der Waals surface area contributed by atoms with Crippen LogP contribution >= 0.6 is 0 Å². The molecule has 0 saturated heterocycles. The van der Waals surface area contributed by atoms with Crippen LogP contribution in [0.5, 0.6) is 0 Å². The summed E-state index contributed by atoms with van der Waals surface area (Å²) in [5.41, 5.74) is 1.29. The number of nitrogens with one attached hydrogen (secondary N) is 1. The topological polar surface area (TPSA) is 38.3 Å². The first-order valence-corrected chi connectivity index (χ1v) is 6.37. The van der Waals surface area contributed by atoms with Gasteiger partial charge in [0.25, 0.3) is 0 Å². The molecule has 1 aromatic carbocycles. The van der Waals surface area contributed by atoms with Gasteiger partial charge >= 0.3 is 5.97 Å². The molecule has 1 aromatic rings. The van der Waals surface area contributed by atoms with E-state index in [1.807, 2.05) is 24.3 Å². The van der Waals surface area contributed by atoms with Crippen LogP contribution in [0.4, 0.5) is 0 Å². The Labute approximate surface area is 108 Å². The first-order valence-electron chi connectivity index (χ1n) is 6.37. The standard InChI is InChI=1S/C15H19NO2/c1-12(17)18-15-9-7-14(8-10-15)16-11-13-5-3-2-4-6-13/h2-7,9,14-16H,8,10-11H2,1H3/t14-,15+/m1/s1. The number of rotatable bonds is 4. The van der Waals surface area contributed by atoms with Gasteiger partial charge in [-0.25, -0.2) is 0 Å². The molecule has 0 saturated carbocycles. The fraction of sp³-hybridized carbons (Fsp3) is 0.400. The van der Waals surface area contributed by atoms with Gasteiger partial charge in [-0.15, -0.1) is 0 Å². The summed E-state index contributed by atoms with van der Waals surface area (Å²) in [7, 11) is 0. The lowest BCUT2D eigenvalue weighted by molar-refractivity contribution is -0.144. The maximum Gasteiger partial charge on any atom is 0.303 e. The van der Waals surface area contributed by atoms with Gasteiger partial charge < -0.3 is 10.1 Å². The smallest absolute Gasteiger partial charge is 0.303 e. The molecule has 0 aromatic heterocycles. The van der Waals surface area contributed by atoms with Crippen LogP contribution in [0.15, 0.2) is 42.5 Å². The minimum Gasteiger partial charge on any atom is -0.458 e. The highest BCUT2D eigenvalue weighted by atomic mass is 16.5. The van der Waals surface area contributed by atoms with Crippen molar-refractivity contribution in [2.24, 2.45) is 0 Å². The molecule has 0 spiro atoms. The predicted octanol–water partition coefficient (Wildman–Crippen LogP) is 2.43. The fourth-order valence-electron chi connectivity index (χ4n) is 2.12. The highest BCUT2D eigenvalue weighted by Gasteiger charge is 2.16. The van der Waals surface area contributed by atoms with Crippen LogP contribution in [0.25, 0.3) is 0 Å². The van der Waals surface area contributed by atoms with Crippen molar-refractivity contribution >= 4 is 5.97 Å². The van der Waals surface area contributed by atoms with E-state index in [1.54, 1.807) is 0 Å². The molecule has 0 unspecified atom stereocenters. The van der Waals surface area contributed by atoms with Crippen LogP contribution in [-0.2, 0) is 16.1 Å². The Kier molecular flexibility index (Phi) is 4.53. The molecule has 0 fully saturated rings. The van der Waals surface area contributed by atoms with Gasteiger partial charge in [0.05, 0.1) is 0 Å². The van der Waals surface area contributed by atoms with E-state index in [-0.39, 0.29) is 12.1 Å². The van der Waals surface area contributed by atoms with Gasteiger partial charge in [0.2, 0.25) is 0 Å². The zero-order chi connectivity index (χ0) is 12.8. The van der Waals surface area contributed by atoms with E-state index in [9.17, 15) is 4.79 Å². The SMILES string of the molecule is CC(=O)O[C@H]1C=C[C@@H](NCc2ccccc2)CC1. The monoisotopic (exact) mass is 245 g/mol. The lowest BCUT2D eigenvalue weighted by atomic mass is 10.00. The van der Waals surface area contributed by atoms with Gasteiger partial charge in [-0.2, -0.15) is 0 Å². The highest BCUT2D eigenvalue weighted by molar-refractivity contribution is 5.66. The minimum absolute atomic E-state index is 0.0442. The summed E-state index contributed by atoms with van der Waals surface area (Å²) in [5.74, 6) is -0.208. The zero-order valence-electron chi connectivity index (χ0n) is 10.6. The number of benzene rings is 1. The largest absolute Gasteiger partial charge is 0.458 e. The molecule has 18 heavy (non-hydrogen) atoms. The van der Waals surface area contributed by atoms with Crippen LogP contribution in [0.1, 0.15) is 25.3 Å². The van der Waals surface area contributed by atoms with Gasteiger partial charge in [0.15, 0.2) is 0 Å². The summed E-state index contributed by atoms with van der Waals surface area (Å²) < 4.78 is 5.15. The molecule has 96 valence electrons. The summed E-state index contributed by atoms with van der Waals surface area (Å²) in [5, 5.41) is 3.48. The van der Waals surface area contributed by atoms with Crippen molar-refractivity contribution in [3.8, 4) is 0 Å². The third kappa shape index (κ3) is 4.00. The summed E-state index contributed by atoms with van der Waals surface area (Å²) in [6.07, 6.45) is 5.93. The van der Waals surface area contributed by atoms with E-state index in [0.717, 1.165) is 19.4 Å². The summed E-state index contributed by atoms with van der Waals surface area (Å²) in [6.45, 7) is 2.32. The molecular weight excluding hydrogens is 226 g/mol. The Morgan fingerprint density at radius 1 is 1.28 bits per heavy atom. The van der Waals surface area contributed by atoms with E-state index in [4.69, 9.17) is 4.74 Å². The Hall–Kier alpha value is -1.61. The van der Waals surface area contributed by atoms with Crippen molar-refractivity contribution in [2.45, 2.75) is 38.5 Å². The molecule has 3 nitrogen and oxygen atoms in total. The van der Waals surface area contributed by atoms with E-state index in [1.165, 1.54) is 12.5 Å². The second kappa shape index (κ2) is 6.36. The van der Waals surface area contributed by atoms with Crippen molar-refractivity contribution in [3.63, 3.8) is 0 Å². The summed E-state index contributed by atoms with van der Waals surface area (Å²) in [4.78, 5) is 10.8. The molecule has 2 rings (SSSR count). The van der Waals surface area contributed by atoms with Crippen molar-refractivity contribution in [1.29, 1.82) is 0 Å². The summed E-state index contributed by atoms with van der Waals surface area (Å²) in [6, 6.07) is 10.7. The molecule has 0 radical (unpaired) electrons. The number of carbonyl (C=O) groups excluding carboxylic acids is 1. The van der Waals surface area contributed by atoms with Crippen LogP contribution in [0.2, 0.25) is 0 Å². The third-order valence-corrected chi connectivity index (χ3v) is 3.05. The first-order chi connectivity index (χ1) is 8.74. The highest BCUT2D eigenvalue weighted by Crippen LogP contribution is 2.15. The zero-order valence-corrected chi connectivity index (χ0v) is 10.6. The molecule has 2 atom stereocenters. The van der Waals surface area contributed by atoms with Gasteiger partial charge in [-0.1, -0.05) is 36.4 Å². The maximum absolute atomic E-state index is 10.8. The quantitative estimate of drug-likeness (QED) is 0.654. The molecule has 0 amide bonds. The van der Waals surface area contributed by atoms with Crippen molar-refractivity contribution < 1.29 is 9.53 Å². The Morgan fingerprint density at radius 2 is 2.06 bits per heavy atom. The van der Waals surface area contributed by atoms with Crippen molar-refractivity contribution in [3.05, 3.63) is 48.0 Å². The molecular formula is C15H19NO2. The average molecular weight is 245 g/mol. The second-order valence-electron chi connectivity index (χ2n) is 4.58. The van der Waals surface area contributed by atoms with E-state index < -0.39 is 0 Å². The van der Waals surface area contributed by atoms with Gasteiger partial charge in [-0.3, -0.25) is 4.79 Å².